The summed E-state index contributed by atoms with van der Waals surface area (Å²) in [4.78, 5) is 10.2. The van der Waals surface area contributed by atoms with Gasteiger partial charge in [-0.2, -0.15) is 0 Å². The molecule has 13 heavy (non-hydrogen) atoms. The highest BCUT2D eigenvalue weighted by atomic mass is 16.6. The van der Waals surface area contributed by atoms with E-state index < -0.39 is 4.92 Å². The van der Waals surface area contributed by atoms with E-state index in [-0.39, 0.29) is 5.69 Å². The summed E-state index contributed by atoms with van der Waals surface area (Å²) >= 11 is 0. The molecule has 0 fully saturated rings. The van der Waals surface area contributed by atoms with Crippen molar-refractivity contribution in [3.8, 4) is 0 Å². The van der Waals surface area contributed by atoms with Gasteiger partial charge in [-0.3, -0.25) is 10.1 Å². The summed E-state index contributed by atoms with van der Waals surface area (Å²) in [6.07, 6.45) is 1.46. The van der Waals surface area contributed by atoms with Crippen molar-refractivity contribution < 1.29 is 9.34 Å². The number of rotatable bonds is 1. The van der Waals surface area contributed by atoms with Crippen LogP contribution in [0.2, 0.25) is 0 Å². The Morgan fingerprint density at radius 3 is 2.92 bits per heavy atom. The molecular weight excluding hydrogens is 170 g/mol. The quantitative estimate of drug-likeness (QED) is 0.497. The standard InChI is InChI=1S/C9H7NO3/c1-6-4-7-2-3-13-9(7)8(5-6)10(11)12/h2-5H,1H3. The molecule has 1 heterocycles. The average molecular weight is 177 g/mol. The summed E-state index contributed by atoms with van der Waals surface area (Å²) in [7, 11) is 0. The first kappa shape index (κ1) is 7.79. The minimum Gasteiger partial charge on any atom is -0.457 e. The van der Waals surface area contributed by atoms with Crippen LogP contribution in [-0.2, 0) is 0 Å². The Hall–Kier alpha value is -1.84. The van der Waals surface area contributed by atoms with Crippen molar-refractivity contribution in [1.29, 1.82) is 0 Å². The molecule has 2 rings (SSSR count). The zero-order valence-electron chi connectivity index (χ0n) is 6.98. The normalized spacial score (nSPS) is 10.5. The van der Waals surface area contributed by atoms with Crippen molar-refractivity contribution in [1.82, 2.24) is 0 Å². The fourth-order valence-electron chi connectivity index (χ4n) is 1.34. The van der Waals surface area contributed by atoms with Gasteiger partial charge in [0.15, 0.2) is 0 Å². The van der Waals surface area contributed by atoms with Crippen LogP contribution in [0.5, 0.6) is 0 Å². The maximum Gasteiger partial charge on any atom is 0.312 e. The molecule has 0 N–H and O–H groups in total. The zero-order chi connectivity index (χ0) is 9.42. The molecule has 0 aliphatic rings. The van der Waals surface area contributed by atoms with Crippen LogP contribution in [-0.4, -0.2) is 4.92 Å². The Balaban J connectivity index is 2.84. The van der Waals surface area contributed by atoms with Gasteiger partial charge >= 0.3 is 5.69 Å². The number of nitro groups is 1. The van der Waals surface area contributed by atoms with Gasteiger partial charge in [0.05, 0.1) is 11.2 Å². The number of hydrogen-bond donors (Lipinski definition) is 0. The molecule has 0 aliphatic carbocycles. The van der Waals surface area contributed by atoms with Crippen molar-refractivity contribution in [2.75, 3.05) is 0 Å². The molecule has 0 amide bonds. The van der Waals surface area contributed by atoms with Gasteiger partial charge in [-0.05, 0) is 24.6 Å². The predicted octanol–water partition coefficient (Wildman–Crippen LogP) is 2.65. The van der Waals surface area contributed by atoms with Gasteiger partial charge in [-0.1, -0.05) is 0 Å². The van der Waals surface area contributed by atoms with Gasteiger partial charge in [-0.15, -0.1) is 0 Å². The van der Waals surface area contributed by atoms with Crippen LogP contribution in [0.3, 0.4) is 0 Å². The molecule has 0 unspecified atom stereocenters. The number of nitrogens with zero attached hydrogens (tertiary/aromatic N) is 1. The van der Waals surface area contributed by atoms with Crippen LogP contribution in [0.4, 0.5) is 5.69 Å². The van der Waals surface area contributed by atoms with Crippen molar-refractivity contribution >= 4 is 16.7 Å². The summed E-state index contributed by atoms with van der Waals surface area (Å²) in [6.45, 7) is 1.82. The molecular formula is C9H7NO3. The van der Waals surface area contributed by atoms with E-state index in [0.717, 1.165) is 10.9 Å². The third-order valence-corrected chi connectivity index (χ3v) is 1.87. The Kier molecular flexibility index (Phi) is 1.55. The van der Waals surface area contributed by atoms with E-state index in [1.807, 2.05) is 13.0 Å². The van der Waals surface area contributed by atoms with Gasteiger partial charge in [0.1, 0.15) is 0 Å². The largest absolute Gasteiger partial charge is 0.457 e. The van der Waals surface area contributed by atoms with Crippen LogP contribution in [0.15, 0.2) is 28.9 Å². The number of fused-ring (bicyclic) bond motifs is 1. The smallest absolute Gasteiger partial charge is 0.312 e. The van der Waals surface area contributed by atoms with Gasteiger partial charge in [0, 0.05) is 11.5 Å². The SMILES string of the molecule is Cc1cc([N+](=O)[O-])c2occc2c1. The predicted molar refractivity (Wildman–Crippen MR) is 47.6 cm³/mol. The number of nitro benzene ring substituents is 1. The lowest BCUT2D eigenvalue weighted by Crippen LogP contribution is -1.88. The van der Waals surface area contributed by atoms with Gasteiger partial charge in [-0.25, -0.2) is 0 Å². The second-order valence-electron chi connectivity index (χ2n) is 2.88. The number of hydrogen-bond acceptors (Lipinski definition) is 3. The summed E-state index contributed by atoms with van der Waals surface area (Å²) in [5.41, 5.74) is 1.23. The molecule has 0 bridgehead atoms. The first-order valence-corrected chi connectivity index (χ1v) is 3.81. The van der Waals surface area contributed by atoms with E-state index in [2.05, 4.69) is 0 Å². The molecule has 0 radical (unpaired) electrons. The summed E-state index contributed by atoms with van der Waals surface area (Å²) in [5, 5.41) is 11.4. The molecule has 1 aromatic heterocycles. The molecule has 0 saturated carbocycles. The van der Waals surface area contributed by atoms with Gasteiger partial charge < -0.3 is 4.42 Å². The lowest BCUT2D eigenvalue weighted by molar-refractivity contribution is -0.383. The topological polar surface area (TPSA) is 56.3 Å². The van der Waals surface area contributed by atoms with Crippen LogP contribution < -0.4 is 0 Å². The molecule has 66 valence electrons. The fraction of sp³-hybridized carbons (Fsp3) is 0.111. The van der Waals surface area contributed by atoms with E-state index in [1.54, 1.807) is 6.07 Å². The van der Waals surface area contributed by atoms with Crippen molar-refractivity contribution in [2.45, 2.75) is 6.92 Å². The van der Waals surface area contributed by atoms with E-state index in [1.165, 1.54) is 12.3 Å². The summed E-state index contributed by atoms with van der Waals surface area (Å²) in [5.74, 6) is 0. The molecule has 2 aromatic rings. The van der Waals surface area contributed by atoms with Crippen LogP contribution in [0, 0.1) is 17.0 Å². The highest BCUT2D eigenvalue weighted by molar-refractivity contribution is 5.86. The molecule has 4 nitrogen and oxygen atoms in total. The maximum atomic E-state index is 10.6. The Morgan fingerprint density at radius 1 is 1.46 bits per heavy atom. The molecule has 0 atom stereocenters. The monoisotopic (exact) mass is 177 g/mol. The Bertz CT molecular complexity index is 473. The first-order valence-electron chi connectivity index (χ1n) is 3.81. The lowest BCUT2D eigenvalue weighted by Gasteiger charge is -1.94. The lowest BCUT2D eigenvalue weighted by atomic mass is 10.1. The van der Waals surface area contributed by atoms with Crippen LogP contribution in [0.1, 0.15) is 5.56 Å². The summed E-state index contributed by atoms with van der Waals surface area (Å²) in [6, 6.07) is 5.08. The van der Waals surface area contributed by atoms with Crippen molar-refractivity contribution in [2.24, 2.45) is 0 Å². The first-order chi connectivity index (χ1) is 6.18. The van der Waals surface area contributed by atoms with Crippen LogP contribution >= 0.6 is 0 Å². The van der Waals surface area contributed by atoms with E-state index >= 15 is 0 Å². The minimum atomic E-state index is -0.432. The highest BCUT2D eigenvalue weighted by Crippen LogP contribution is 2.27. The minimum absolute atomic E-state index is 0.0278. The Labute approximate surface area is 73.9 Å². The van der Waals surface area contributed by atoms with Gasteiger partial charge in [0.2, 0.25) is 5.58 Å². The molecule has 0 saturated heterocycles. The maximum absolute atomic E-state index is 10.6. The Morgan fingerprint density at radius 2 is 2.23 bits per heavy atom. The molecule has 0 aliphatic heterocycles. The fourth-order valence-corrected chi connectivity index (χ4v) is 1.34. The van der Waals surface area contributed by atoms with Crippen molar-refractivity contribution in [3.05, 3.63) is 40.1 Å². The number of benzene rings is 1. The van der Waals surface area contributed by atoms with Crippen molar-refractivity contribution in [3.63, 3.8) is 0 Å². The third kappa shape index (κ3) is 1.16. The third-order valence-electron chi connectivity index (χ3n) is 1.87. The average Bonchev–Trinajstić information content (AvgIpc) is 2.49. The number of furan rings is 1. The second-order valence-corrected chi connectivity index (χ2v) is 2.88. The number of non-ortho nitro benzene ring substituents is 1. The van der Waals surface area contributed by atoms with E-state index in [9.17, 15) is 10.1 Å². The van der Waals surface area contributed by atoms with Crippen LogP contribution in [0.25, 0.3) is 11.0 Å². The van der Waals surface area contributed by atoms with E-state index in [0.29, 0.717) is 5.58 Å². The molecule has 0 spiro atoms. The molecule has 4 heteroatoms. The zero-order valence-corrected chi connectivity index (χ0v) is 6.98. The van der Waals surface area contributed by atoms with E-state index in [4.69, 9.17) is 4.42 Å². The second kappa shape index (κ2) is 2.58. The highest BCUT2D eigenvalue weighted by Gasteiger charge is 2.14. The molecule has 1 aromatic carbocycles. The number of aryl methyl sites for hydroxylation is 1. The summed E-state index contributed by atoms with van der Waals surface area (Å²) < 4.78 is 5.02. The van der Waals surface area contributed by atoms with Gasteiger partial charge in [0.25, 0.3) is 0 Å².